The van der Waals surface area contributed by atoms with E-state index in [2.05, 4.69) is 33.5 Å². The highest BCUT2D eigenvalue weighted by molar-refractivity contribution is 7.91. The molecule has 48 heavy (non-hydrogen) atoms. The highest BCUT2D eigenvalue weighted by atomic mass is 32.2. The van der Waals surface area contributed by atoms with Gasteiger partial charge in [-0.15, -0.1) is 24.5 Å². The molecule has 1 aromatic heterocycles. The molecule has 0 spiro atoms. The number of rotatable bonds is 15. The number of aromatic nitrogens is 1. The van der Waals surface area contributed by atoms with Crippen molar-refractivity contribution in [2.24, 2.45) is 17.8 Å². The number of hydrogen-bond donors (Lipinski definition) is 3. The van der Waals surface area contributed by atoms with Gasteiger partial charge in [0.05, 0.1) is 22.8 Å². The molecule has 258 valence electrons. The lowest BCUT2D eigenvalue weighted by molar-refractivity contribution is -0.140. The van der Waals surface area contributed by atoms with Crippen LogP contribution in [0.3, 0.4) is 0 Å². The van der Waals surface area contributed by atoms with Crippen LogP contribution in [0.4, 0.5) is 14.9 Å². The Kier molecular flexibility index (Phi) is 10.7. The zero-order chi connectivity index (χ0) is 34.6. The second kappa shape index (κ2) is 14.6. The van der Waals surface area contributed by atoms with Crippen molar-refractivity contribution < 1.29 is 36.7 Å². The number of thiazole rings is 1. The van der Waals surface area contributed by atoms with Crippen molar-refractivity contribution in [1.29, 1.82) is 0 Å². The van der Waals surface area contributed by atoms with Crippen LogP contribution < -0.4 is 15.4 Å². The predicted molar refractivity (Wildman–Crippen MR) is 179 cm³/mol. The van der Waals surface area contributed by atoms with Crippen molar-refractivity contribution in [3.8, 4) is 10.6 Å². The van der Waals surface area contributed by atoms with Gasteiger partial charge in [0.25, 0.3) is 5.91 Å². The van der Waals surface area contributed by atoms with Crippen LogP contribution in [0.1, 0.15) is 51.4 Å². The summed E-state index contributed by atoms with van der Waals surface area (Å²) >= 11 is 1.27. The second-order valence-electron chi connectivity index (χ2n) is 12.6. The molecule has 3 N–H and O–H groups in total. The smallest absolute Gasteiger partial charge is 0.411 e. The van der Waals surface area contributed by atoms with Gasteiger partial charge in [-0.05, 0) is 69.6 Å². The van der Waals surface area contributed by atoms with E-state index in [1.165, 1.54) is 35.6 Å². The minimum atomic E-state index is -3.87. The van der Waals surface area contributed by atoms with Crippen LogP contribution in [-0.4, -0.2) is 72.6 Å². The molecule has 3 aliphatic rings. The van der Waals surface area contributed by atoms with Gasteiger partial charge in [0.2, 0.25) is 21.8 Å². The molecule has 5 rings (SSSR count). The van der Waals surface area contributed by atoms with Crippen LogP contribution in [0.5, 0.6) is 0 Å². The number of benzene rings is 1. The fraction of sp³-hybridized carbons (Fsp3) is 0.485. The molecule has 3 fully saturated rings. The first-order valence-corrected chi connectivity index (χ1v) is 18.3. The molecule has 5 unspecified atom stereocenters. The molecule has 1 aromatic carbocycles. The fourth-order valence-corrected chi connectivity index (χ4v) is 8.19. The normalized spacial score (nSPS) is 24.6. The maximum Gasteiger partial charge on any atom is 0.411 e. The predicted octanol–water partition coefficient (Wildman–Crippen LogP) is 4.38. The van der Waals surface area contributed by atoms with Crippen LogP contribution in [0.2, 0.25) is 0 Å². The van der Waals surface area contributed by atoms with Gasteiger partial charge in [-0.3, -0.25) is 24.4 Å². The van der Waals surface area contributed by atoms with Gasteiger partial charge < -0.3 is 15.0 Å². The maximum absolute atomic E-state index is 14.1. The maximum atomic E-state index is 14.1. The summed E-state index contributed by atoms with van der Waals surface area (Å²) in [7, 11) is -2.23. The third-order valence-corrected chi connectivity index (χ3v) is 11.7. The summed E-state index contributed by atoms with van der Waals surface area (Å²) in [5, 5.41) is 6.96. The molecular formula is C33H40FN5O7S2. The van der Waals surface area contributed by atoms with Gasteiger partial charge in [0.15, 0.2) is 0 Å². The molecule has 0 bridgehead atoms. The number of nitrogens with zero attached hydrogens (tertiary/aromatic N) is 2. The van der Waals surface area contributed by atoms with Crippen LogP contribution in [0.25, 0.3) is 10.6 Å². The van der Waals surface area contributed by atoms with Gasteiger partial charge in [-0.25, -0.2) is 22.6 Å². The zero-order valence-corrected chi connectivity index (χ0v) is 28.3. The van der Waals surface area contributed by atoms with E-state index in [0.29, 0.717) is 30.0 Å². The van der Waals surface area contributed by atoms with Crippen LogP contribution >= 0.6 is 11.3 Å². The molecule has 2 aromatic rings. The fourth-order valence-electron chi connectivity index (χ4n) is 6.16. The summed E-state index contributed by atoms with van der Waals surface area (Å²) in [6, 6.07) is 3.84. The number of sulfonamides is 1. The van der Waals surface area contributed by atoms with E-state index in [0.717, 1.165) is 19.3 Å². The Balaban J connectivity index is 1.31. The van der Waals surface area contributed by atoms with E-state index in [1.54, 1.807) is 29.6 Å². The number of carbonyl (C=O) groups excluding carboxylic acids is 4. The van der Waals surface area contributed by atoms with Crippen molar-refractivity contribution in [1.82, 2.24) is 19.9 Å². The SMILES string of the molecule is C=CCCCCN(C)C(=O)C1CC(OC(=O)Nc2ccc(F)cc2-c2nccs2)CC1C(=O)NC1(C(=O)NS(=O)(=O)C2CC2)CC1C=C. The van der Waals surface area contributed by atoms with E-state index in [9.17, 15) is 32.0 Å². The first-order valence-electron chi connectivity index (χ1n) is 15.9. The summed E-state index contributed by atoms with van der Waals surface area (Å²) in [6.07, 6.45) is 6.60. The third-order valence-electron chi connectivity index (χ3n) is 9.10. The number of nitrogens with one attached hydrogen (secondary N) is 3. The number of amides is 4. The Bertz CT molecular complexity index is 1680. The lowest BCUT2D eigenvalue weighted by Gasteiger charge is -2.26. The lowest BCUT2D eigenvalue weighted by atomic mass is 9.93. The van der Waals surface area contributed by atoms with Crippen molar-refractivity contribution in [2.75, 3.05) is 18.9 Å². The first-order chi connectivity index (χ1) is 22.9. The summed E-state index contributed by atoms with van der Waals surface area (Å²) in [5.74, 6) is -4.62. The summed E-state index contributed by atoms with van der Waals surface area (Å²) in [4.78, 5) is 59.7. The van der Waals surface area contributed by atoms with Crippen molar-refractivity contribution in [3.05, 3.63) is 60.9 Å². The summed E-state index contributed by atoms with van der Waals surface area (Å²) in [5.41, 5.74) is -0.880. The summed E-state index contributed by atoms with van der Waals surface area (Å²) in [6.45, 7) is 7.88. The minimum absolute atomic E-state index is 0.0143. The van der Waals surface area contributed by atoms with E-state index in [1.807, 2.05) is 0 Å². The Labute approximate surface area is 283 Å². The molecule has 0 saturated heterocycles. The van der Waals surface area contributed by atoms with Crippen LogP contribution in [0, 0.1) is 23.6 Å². The van der Waals surface area contributed by atoms with Gasteiger partial charge in [-0.2, -0.15) is 0 Å². The van der Waals surface area contributed by atoms with E-state index in [4.69, 9.17) is 4.74 Å². The monoisotopic (exact) mass is 701 g/mol. The number of halogens is 1. The largest absolute Gasteiger partial charge is 0.446 e. The van der Waals surface area contributed by atoms with E-state index in [-0.39, 0.29) is 30.9 Å². The topological polar surface area (TPSA) is 164 Å². The van der Waals surface area contributed by atoms with Gasteiger partial charge in [0, 0.05) is 36.7 Å². The van der Waals surface area contributed by atoms with Crippen LogP contribution in [-0.2, 0) is 29.1 Å². The molecule has 0 aliphatic heterocycles. The molecule has 0 radical (unpaired) electrons. The minimum Gasteiger partial charge on any atom is -0.446 e. The average molecular weight is 702 g/mol. The number of anilines is 1. The van der Waals surface area contributed by atoms with Crippen molar-refractivity contribution in [3.63, 3.8) is 0 Å². The van der Waals surface area contributed by atoms with E-state index < -0.39 is 68.4 Å². The third kappa shape index (κ3) is 7.95. The van der Waals surface area contributed by atoms with Crippen molar-refractivity contribution >= 4 is 50.9 Å². The number of allylic oxidation sites excluding steroid dienone is 1. The molecule has 12 nitrogen and oxygen atoms in total. The van der Waals surface area contributed by atoms with Gasteiger partial charge in [0.1, 0.15) is 22.5 Å². The highest BCUT2D eigenvalue weighted by Crippen LogP contribution is 2.46. The number of unbranched alkanes of at least 4 members (excludes halogenated alkanes) is 2. The number of hydrogen-bond acceptors (Lipinski definition) is 9. The number of ether oxygens (including phenoxy) is 1. The van der Waals surface area contributed by atoms with E-state index >= 15 is 0 Å². The number of carbonyl (C=O) groups is 4. The Hall–Kier alpha value is -4.11. The zero-order valence-electron chi connectivity index (χ0n) is 26.7. The lowest BCUT2D eigenvalue weighted by Crippen LogP contribution is -2.54. The molecule has 15 heteroatoms. The molecular weight excluding hydrogens is 662 g/mol. The Morgan fingerprint density at radius 1 is 1.17 bits per heavy atom. The van der Waals surface area contributed by atoms with Gasteiger partial charge in [-0.1, -0.05) is 12.2 Å². The quantitative estimate of drug-likeness (QED) is 0.182. The van der Waals surface area contributed by atoms with Gasteiger partial charge >= 0.3 is 6.09 Å². The average Bonchev–Trinajstić information content (AvgIpc) is 3.92. The second-order valence-corrected chi connectivity index (χ2v) is 15.4. The Morgan fingerprint density at radius 3 is 2.56 bits per heavy atom. The molecule has 3 saturated carbocycles. The molecule has 5 atom stereocenters. The highest BCUT2D eigenvalue weighted by Gasteiger charge is 2.62. The standard InChI is InChI=1S/C33H40FN5O7S2/c1-4-6-7-8-14-39(3)30(41)25-18-22(46-32(43)36-27-12-9-21(34)16-26(27)29-35-13-15-47-29)17-24(25)28(40)37-33(19-20(33)5-2)31(42)38-48(44,45)23-10-11-23/h4-5,9,12-13,15-16,20,22-25H,1-2,6-8,10-11,14,17-19H2,3H3,(H,36,43)(H,37,40)(H,38,42). The van der Waals surface area contributed by atoms with Crippen LogP contribution in [0.15, 0.2) is 55.1 Å². The summed E-state index contributed by atoms with van der Waals surface area (Å²) < 4.78 is 47.0. The first kappa shape index (κ1) is 35.2. The molecule has 3 aliphatic carbocycles. The molecule has 1 heterocycles. The molecule has 4 amide bonds. The Morgan fingerprint density at radius 2 is 1.92 bits per heavy atom. The van der Waals surface area contributed by atoms with Crippen molar-refractivity contribution in [2.45, 2.75) is 68.3 Å².